The van der Waals surface area contributed by atoms with Gasteiger partial charge in [-0.15, -0.1) is 0 Å². The van der Waals surface area contributed by atoms with Gasteiger partial charge in [0.05, 0.1) is 0 Å². The lowest BCUT2D eigenvalue weighted by Gasteiger charge is -2.35. The normalized spacial score (nSPS) is 28.3. The molecule has 100 valence electrons. The Morgan fingerprint density at radius 3 is 2.83 bits per heavy atom. The van der Waals surface area contributed by atoms with Crippen LogP contribution in [0.3, 0.4) is 0 Å². The van der Waals surface area contributed by atoms with Crippen molar-refractivity contribution in [2.75, 3.05) is 7.05 Å². The molecule has 1 aliphatic carbocycles. The first kappa shape index (κ1) is 13.8. The van der Waals surface area contributed by atoms with Crippen molar-refractivity contribution in [2.45, 2.75) is 38.6 Å². The van der Waals surface area contributed by atoms with Gasteiger partial charge >= 0.3 is 0 Å². The number of rotatable bonds is 3. The largest absolute Gasteiger partial charge is 0.317 e. The summed E-state index contributed by atoms with van der Waals surface area (Å²) in [6, 6.07) is 5.30. The summed E-state index contributed by atoms with van der Waals surface area (Å²) in [4.78, 5) is 0. The summed E-state index contributed by atoms with van der Waals surface area (Å²) in [5, 5.41) is 3.97. The van der Waals surface area contributed by atoms with E-state index in [-0.39, 0.29) is 5.82 Å². The maximum atomic E-state index is 13.0. The number of halogens is 2. The molecule has 1 fully saturated rings. The van der Waals surface area contributed by atoms with Gasteiger partial charge < -0.3 is 5.32 Å². The molecule has 18 heavy (non-hydrogen) atoms. The highest BCUT2D eigenvalue weighted by molar-refractivity contribution is 6.31. The third-order valence-electron chi connectivity index (χ3n) is 4.11. The number of hydrogen-bond donors (Lipinski definition) is 1. The molecule has 0 spiro atoms. The van der Waals surface area contributed by atoms with Crippen LogP contribution < -0.4 is 5.32 Å². The van der Waals surface area contributed by atoms with Gasteiger partial charge in [0.15, 0.2) is 0 Å². The predicted molar refractivity (Wildman–Crippen MR) is 74.5 cm³/mol. The van der Waals surface area contributed by atoms with Crippen molar-refractivity contribution in [3.8, 4) is 0 Å². The molecule has 0 saturated heterocycles. The van der Waals surface area contributed by atoms with E-state index in [0.717, 1.165) is 17.9 Å². The van der Waals surface area contributed by atoms with Gasteiger partial charge in [0, 0.05) is 11.1 Å². The lowest BCUT2D eigenvalue weighted by Crippen LogP contribution is -2.39. The standard InChI is InChI=1S/C15H21ClFN/c1-10-3-6-15(18-2)12(7-10)8-11-4-5-13(17)9-14(11)16/h4-5,9-10,12,15,18H,3,6-8H2,1-2H3. The third kappa shape index (κ3) is 3.24. The fraction of sp³-hybridized carbons (Fsp3) is 0.600. The van der Waals surface area contributed by atoms with E-state index >= 15 is 0 Å². The Kier molecular flexibility index (Phi) is 4.63. The van der Waals surface area contributed by atoms with Crippen LogP contribution in [0.25, 0.3) is 0 Å². The van der Waals surface area contributed by atoms with Crippen LogP contribution in [0.2, 0.25) is 5.02 Å². The minimum Gasteiger partial charge on any atom is -0.317 e. The first-order valence-electron chi connectivity index (χ1n) is 6.71. The molecular weight excluding hydrogens is 249 g/mol. The molecule has 1 aromatic carbocycles. The summed E-state index contributed by atoms with van der Waals surface area (Å²) >= 11 is 6.12. The fourth-order valence-electron chi connectivity index (χ4n) is 3.07. The predicted octanol–water partition coefficient (Wildman–Crippen LogP) is 4.05. The summed E-state index contributed by atoms with van der Waals surface area (Å²) in [6.45, 7) is 2.31. The molecule has 0 aromatic heterocycles. The van der Waals surface area contributed by atoms with Crippen molar-refractivity contribution in [1.29, 1.82) is 0 Å². The van der Waals surface area contributed by atoms with E-state index in [1.165, 1.54) is 31.4 Å². The molecule has 1 saturated carbocycles. The van der Waals surface area contributed by atoms with Gasteiger partial charge in [-0.25, -0.2) is 4.39 Å². The molecule has 0 radical (unpaired) electrons. The maximum absolute atomic E-state index is 13.0. The number of hydrogen-bond acceptors (Lipinski definition) is 1. The molecule has 0 aliphatic heterocycles. The molecule has 1 N–H and O–H groups in total. The second-order valence-electron chi connectivity index (χ2n) is 5.51. The van der Waals surface area contributed by atoms with Crippen molar-refractivity contribution in [3.05, 3.63) is 34.6 Å². The summed E-state index contributed by atoms with van der Waals surface area (Å²) < 4.78 is 13.0. The summed E-state index contributed by atoms with van der Waals surface area (Å²) in [6.07, 6.45) is 4.68. The highest BCUT2D eigenvalue weighted by atomic mass is 35.5. The minimum absolute atomic E-state index is 0.258. The van der Waals surface area contributed by atoms with Gasteiger partial charge in [-0.2, -0.15) is 0 Å². The smallest absolute Gasteiger partial charge is 0.124 e. The molecule has 3 heteroatoms. The Morgan fingerprint density at radius 1 is 1.39 bits per heavy atom. The molecule has 0 bridgehead atoms. The van der Waals surface area contributed by atoms with Crippen LogP contribution in [0.4, 0.5) is 4.39 Å². The van der Waals surface area contributed by atoms with Crippen molar-refractivity contribution in [2.24, 2.45) is 11.8 Å². The second kappa shape index (κ2) is 6.03. The van der Waals surface area contributed by atoms with E-state index in [1.807, 2.05) is 13.1 Å². The quantitative estimate of drug-likeness (QED) is 0.873. The van der Waals surface area contributed by atoms with Crippen LogP contribution in [0.1, 0.15) is 31.7 Å². The Labute approximate surface area is 114 Å². The average Bonchev–Trinajstić information content (AvgIpc) is 2.33. The zero-order valence-electron chi connectivity index (χ0n) is 11.0. The van der Waals surface area contributed by atoms with Gasteiger partial charge in [-0.1, -0.05) is 24.6 Å². The molecule has 3 atom stereocenters. The van der Waals surface area contributed by atoms with Gasteiger partial charge in [-0.3, -0.25) is 0 Å². The molecule has 3 unspecified atom stereocenters. The average molecular weight is 270 g/mol. The Balaban J connectivity index is 2.10. The SMILES string of the molecule is CNC1CCC(C)CC1Cc1ccc(F)cc1Cl. The topological polar surface area (TPSA) is 12.0 Å². The van der Waals surface area contributed by atoms with Gasteiger partial charge in [0.25, 0.3) is 0 Å². The highest BCUT2D eigenvalue weighted by Gasteiger charge is 2.28. The first-order valence-corrected chi connectivity index (χ1v) is 7.09. The maximum Gasteiger partial charge on any atom is 0.124 e. The Hall–Kier alpha value is -0.600. The van der Waals surface area contributed by atoms with Crippen molar-refractivity contribution in [1.82, 2.24) is 5.32 Å². The van der Waals surface area contributed by atoms with Crippen LogP contribution >= 0.6 is 11.6 Å². The molecule has 1 aliphatic rings. The Morgan fingerprint density at radius 2 is 2.17 bits per heavy atom. The van der Waals surface area contributed by atoms with Crippen LogP contribution in [-0.4, -0.2) is 13.1 Å². The van der Waals surface area contributed by atoms with Crippen molar-refractivity contribution < 1.29 is 4.39 Å². The fourth-order valence-corrected chi connectivity index (χ4v) is 3.32. The van der Waals surface area contributed by atoms with Gasteiger partial charge in [0.1, 0.15) is 5.82 Å². The third-order valence-corrected chi connectivity index (χ3v) is 4.46. The number of benzene rings is 1. The van der Waals surface area contributed by atoms with E-state index in [2.05, 4.69) is 12.2 Å². The lowest BCUT2D eigenvalue weighted by atomic mass is 9.76. The first-order chi connectivity index (χ1) is 8.60. The minimum atomic E-state index is -0.258. The van der Waals surface area contributed by atoms with E-state index in [9.17, 15) is 4.39 Å². The summed E-state index contributed by atoms with van der Waals surface area (Å²) in [7, 11) is 2.03. The van der Waals surface area contributed by atoms with Crippen molar-refractivity contribution >= 4 is 11.6 Å². The Bertz CT molecular complexity index is 407. The van der Waals surface area contributed by atoms with Crippen LogP contribution in [0.5, 0.6) is 0 Å². The summed E-state index contributed by atoms with van der Waals surface area (Å²) in [5.74, 6) is 1.12. The van der Waals surface area contributed by atoms with Crippen molar-refractivity contribution in [3.63, 3.8) is 0 Å². The van der Waals surface area contributed by atoms with Gasteiger partial charge in [-0.05, 0) is 62.3 Å². The van der Waals surface area contributed by atoms with E-state index < -0.39 is 0 Å². The highest BCUT2D eigenvalue weighted by Crippen LogP contribution is 2.33. The second-order valence-corrected chi connectivity index (χ2v) is 5.92. The van der Waals surface area contributed by atoms with Crippen LogP contribution in [-0.2, 0) is 6.42 Å². The molecule has 1 aromatic rings. The molecule has 1 nitrogen and oxygen atoms in total. The zero-order valence-corrected chi connectivity index (χ0v) is 11.8. The van der Waals surface area contributed by atoms with Crippen LogP contribution in [0.15, 0.2) is 18.2 Å². The number of nitrogens with one attached hydrogen (secondary N) is 1. The molecular formula is C15H21ClFN. The monoisotopic (exact) mass is 269 g/mol. The molecule has 2 rings (SSSR count). The molecule has 0 amide bonds. The summed E-state index contributed by atoms with van der Waals surface area (Å²) in [5.41, 5.74) is 1.07. The lowest BCUT2D eigenvalue weighted by molar-refractivity contribution is 0.220. The zero-order chi connectivity index (χ0) is 13.1. The van der Waals surface area contributed by atoms with E-state index in [4.69, 9.17) is 11.6 Å². The van der Waals surface area contributed by atoms with E-state index in [1.54, 1.807) is 0 Å². The van der Waals surface area contributed by atoms with E-state index in [0.29, 0.717) is 17.0 Å². The van der Waals surface area contributed by atoms with Gasteiger partial charge in [0.2, 0.25) is 0 Å². The van der Waals surface area contributed by atoms with Crippen LogP contribution in [0, 0.1) is 17.7 Å². The molecule has 0 heterocycles.